The summed E-state index contributed by atoms with van der Waals surface area (Å²) in [5.41, 5.74) is 13.9. The molecule has 26 heavy (non-hydrogen) atoms. The molecule has 2 aromatic carbocycles. The van der Waals surface area contributed by atoms with E-state index in [0.29, 0.717) is 33.5 Å². The van der Waals surface area contributed by atoms with E-state index >= 15 is 0 Å². The number of H-pyrrole nitrogens is 2. The number of rotatable bonds is 2. The molecule has 0 saturated heterocycles. The average molecular weight is 358 g/mol. The number of aromatic carboxylic acids is 1. The highest BCUT2D eigenvalue weighted by Gasteiger charge is 2.10. The van der Waals surface area contributed by atoms with E-state index in [0.717, 1.165) is 0 Å². The second-order valence-electron chi connectivity index (χ2n) is 5.38. The fraction of sp³-hybridized carbons (Fsp3) is 0.118. The first-order chi connectivity index (χ1) is 12.2. The van der Waals surface area contributed by atoms with Gasteiger partial charge in [0.15, 0.2) is 0 Å². The molecular formula is C17H18N4O5. The van der Waals surface area contributed by atoms with Crippen molar-refractivity contribution in [3.05, 3.63) is 57.5 Å². The molecule has 0 aliphatic rings. The molecule has 9 nitrogen and oxygen atoms in total. The summed E-state index contributed by atoms with van der Waals surface area (Å²) in [4.78, 5) is 37.8. The first-order valence-electron chi connectivity index (χ1n) is 7.42. The minimum absolute atomic E-state index is 0.196. The Labute approximate surface area is 147 Å². The highest BCUT2D eigenvalue weighted by atomic mass is 16.5. The maximum absolute atomic E-state index is 11.1. The van der Waals surface area contributed by atoms with Gasteiger partial charge in [0.25, 0.3) is 0 Å². The topological polar surface area (TPSA) is 164 Å². The summed E-state index contributed by atoms with van der Waals surface area (Å²) in [6, 6.07) is 7.76. The van der Waals surface area contributed by atoms with Crippen LogP contribution >= 0.6 is 0 Å². The summed E-state index contributed by atoms with van der Waals surface area (Å²) < 4.78 is 4.55. The number of anilines is 2. The lowest BCUT2D eigenvalue weighted by atomic mass is 10.1. The SMILES string of the molecule is COC(=O)c1ccc2[nH]c(=O)[nH]c2c1.Cc1c(C(=O)O)ccc(N)c1N. The maximum Gasteiger partial charge on any atom is 0.337 e. The van der Waals surface area contributed by atoms with Crippen molar-refractivity contribution in [1.82, 2.24) is 9.97 Å². The molecule has 0 spiro atoms. The van der Waals surface area contributed by atoms with Crippen LogP contribution in [0, 0.1) is 6.92 Å². The molecule has 0 radical (unpaired) electrons. The quantitative estimate of drug-likeness (QED) is 0.342. The van der Waals surface area contributed by atoms with Crippen LogP contribution in [0.1, 0.15) is 26.3 Å². The molecule has 1 heterocycles. The van der Waals surface area contributed by atoms with Gasteiger partial charge < -0.3 is 31.3 Å². The van der Waals surface area contributed by atoms with Crippen molar-refractivity contribution in [3.63, 3.8) is 0 Å². The molecule has 9 heteroatoms. The normalized spacial score (nSPS) is 10.1. The first-order valence-corrected chi connectivity index (χ1v) is 7.42. The average Bonchev–Trinajstić information content (AvgIpc) is 2.98. The van der Waals surface area contributed by atoms with Crippen molar-refractivity contribution in [2.24, 2.45) is 0 Å². The Kier molecular flexibility index (Phi) is 5.31. The van der Waals surface area contributed by atoms with Crippen molar-refractivity contribution in [3.8, 4) is 0 Å². The van der Waals surface area contributed by atoms with Gasteiger partial charge in [-0.15, -0.1) is 0 Å². The number of esters is 1. The second-order valence-corrected chi connectivity index (χ2v) is 5.38. The maximum atomic E-state index is 11.1. The number of methoxy groups -OCH3 is 1. The molecule has 0 aliphatic carbocycles. The summed E-state index contributed by atoms with van der Waals surface area (Å²) >= 11 is 0. The number of carbonyl (C=O) groups is 2. The standard InChI is InChI=1S/C9H8N2O3.C8H10N2O2/c1-14-8(12)5-2-3-6-7(4-5)11-9(13)10-6;1-4-5(8(11)12)2-3-6(9)7(4)10/h2-4H,1H3,(H2,10,11,13);2-3H,9-10H2,1H3,(H,11,12). The van der Waals surface area contributed by atoms with Gasteiger partial charge in [0, 0.05) is 0 Å². The zero-order chi connectivity index (χ0) is 19.4. The Balaban J connectivity index is 0.000000190. The van der Waals surface area contributed by atoms with Gasteiger partial charge in [0.05, 0.1) is 40.6 Å². The van der Waals surface area contributed by atoms with Crippen molar-refractivity contribution in [2.75, 3.05) is 18.6 Å². The lowest BCUT2D eigenvalue weighted by molar-refractivity contribution is 0.0600. The van der Waals surface area contributed by atoms with Crippen LogP contribution in [0.25, 0.3) is 11.0 Å². The smallest absolute Gasteiger partial charge is 0.337 e. The molecule has 0 bridgehead atoms. The van der Waals surface area contributed by atoms with E-state index in [2.05, 4.69) is 14.7 Å². The van der Waals surface area contributed by atoms with E-state index in [-0.39, 0.29) is 11.3 Å². The molecule has 0 amide bonds. The number of aromatic nitrogens is 2. The number of benzene rings is 2. The third-order valence-corrected chi connectivity index (χ3v) is 3.72. The Hall–Kier alpha value is -3.75. The van der Waals surface area contributed by atoms with Gasteiger partial charge in [0.2, 0.25) is 0 Å². The van der Waals surface area contributed by atoms with E-state index in [1.54, 1.807) is 25.1 Å². The van der Waals surface area contributed by atoms with Crippen LogP contribution in [0.4, 0.5) is 11.4 Å². The molecule has 3 rings (SSSR count). The lowest BCUT2D eigenvalue weighted by Gasteiger charge is -2.06. The number of aromatic amines is 2. The molecule has 136 valence electrons. The van der Waals surface area contributed by atoms with Crippen molar-refractivity contribution < 1.29 is 19.4 Å². The number of ether oxygens (including phenoxy) is 1. The number of fused-ring (bicyclic) bond motifs is 1. The zero-order valence-corrected chi connectivity index (χ0v) is 14.1. The summed E-state index contributed by atoms with van der Waals surface area (Å²) in [7, 11) is 1.31. The number of carboxylic acid groups (broad SMARTS) is 1. The molecule has 0 fully saturated rings. The van der Waals surface area contributed by atoms with Crippen molar-refractivity contribution in [1.29, 1.82) is 0 Å². The van der Waals surface area contributed by atoms with Gasteiger partial charge >= 0.3 is 17.6 Å². The number of imidazole rings is 1. The third-order valence-electron chi connectivity index (χ3n) is 3.72. The molecule has 0 saturated carbocycles. The fourth-order valence-corrected chi connectivity index (χ4v) is 2.26. The second kappa shape index (κ2) is 7.43. The van der Waals surface area contributed by atoms with Gasteiger partial charge in [0.1, 0.15) is 0 Å². The molecule has 0 atom stereocenters. The number of nitrogens with one attached hydrogen (secondary N) is 2. The molecular weight excluding hydrogens is 340 g/mol. The van der Waals surface area contributed by atoms with E-state index in [4.69, 9.17) is 16.6 Å². The summed E-state index contributed by atoms with van der Waals surface area (Å²) in [6.45, 7) is 1.63. The van der Waals surface area contributed by atoms with Crippen LogP contribution in [0.3, 0.4) is 0 Å². The number of carboxylic acids is 1. The van der Waals surface area contributed by atoms with Gasteiger partial charge in [-0.2, -0.15) is 0 Å². The zero-order valence-electron chi connectivity index (χ0n) is 14.1. The number of hydrogen-bond acceptors (Lipinski definition) is 6. The Morgan fingerprint density at radius 3 is 2.35 bits per heavy atom. The molecule has 0 unspecified atom stereocenters. The minimum Gasteiger partial charge on any atom is -0.478 e. The molecule has 7 N–H and O–H groups in total. The van der Waals surface area contributed by atoms with Gasteiger partial charge in [-0.1, -0.05) is 0 Å². The number of nitrogens with two attached hydrogens (primary N) is 2. The minimum atomic E-state index is -0.987. The summed E-state index contributed by atoms with van der Waals surface area (Å²) in [6.07, 6.45) is 0. The van der Waals surface area contributed by atoms with E-state index < -0.39 is 11.9 Å². The van der Waals surface area contributed by atoms with Crippen molar-refractivity contribution in [2.45, 2.75) is 6.92 Å². The third kappa shape index (κ3) is 3.83. The van der Waals surface area contributed by atoms with Crippen LogP contribution in [0.5, 0.6) is 0 Å². The van der Waals surface area contributed by atoms with Crippen LogP contribution in [-0.4, -0.2) is 34.1 Å². The number of carbonyl (C=O) groups excluding carboxylic acids is 1. The van der Waals surface area contributed by atoms with Gasteiger partial charge in [-0.3, -0.25) is 0 Å². The lowest BCUT2D eigenvalue weighted by Crippen LogP contribution is -2.05. The van der Waals surface area contributed by atoms with Gasteiger partial charge in [-0.05, 0) is 42.8 Å². The molecule has 3 aromatic rings. The van der Waals surface area contributed by atoms with Gasteiger partial charge in [-0.25, -0.2) is 14.4 Å². The van der Waals surface area contributed by atoms with Crippen LogP contribution in [0.15, 0.2) is 35.1 Å². The Morgan fingerprint density at radius 2 is 1.73 bits per heavy atom. The van der Waals surface area contributed by atoms with Crippen LogP contribution in [0.2, 0.25) is 0 Å². The highest BCUT2D eigenvalue weighted by Crippen LogP contribution is 2.22. The predicted octanol–water partition coefficient (Wildman–Crippen LogP) is 1.50. The Morgan fingerprint density at radius 1 is 1.08 bits per heavy atom. The van der Waals surface area contributed by atoms with E-state index in [1.165, 1.54) is 19.2 Å². The highest BCUT2D eigenvalue weighted by molar-refractivity contribution is 5.93. The molecule has 0 aliphatic heterocycles. The van der Waals surface area contributed by atoms with Crippen LogP contribution in [-0.2, 0) is 4.74 Å². The summed E-state index contributed by atoms with van der Waals surface area (Å²) in [5, 5.41) is 8.68. The number of nitrogen functional groups attached to an aromatic ring is 2. The molecule has 1 aromatic heterocycles. The van der Waals surface area contributed by atoms with E-state index in [1.807, 2.05) is 0 Å². The first kappa shape index (κ1) is 18.6. The predicted molar refractivity (Wildman–Crippen MR) is 97.2 cm³/mol. The largest absolute Gasteiger partial charge is 0.478 e. The van der Waals surface area contributed by atoms with E-state index in [9.17, 15) is 14.4 Å². The Bertz CT molecular complexity index is 1040. The van der Waals surface area contributed by atoms with Crippen LogP contribution < -0.4 is 17.2 Å². The monoisotopic (exact) mass is 358 g/mol. The number of hydrogen-bond donors (Lipinski definition) is 5. The fourth-order valence-electron chi connectivity index (χ4n) is 2.26. The summed E-state index contributed by atoms with van der Waals surface area (Å²) in [5.74, 6) is -1.41. The van der Waals surface area contributed by atoms with Crippen molar-refractivity contribution >= 4 is 34.3 Å².